The molecule has 3 fully saturated rings. The van der Waals surface area contributed by atoms with Gasteiger partial charge in [0.1, 0.15) is 11.5 Å². The van der Waals surface area contributed by atoms with Gasteiger partial charge in [-0.05, 0) is 57.6 Å². The van der Waals surface area contributed by atoms with Crippen molar-refractivity contribution in [2.24, 2.45) is 17.8 Å². The van der Waals surface area contributed by atoms with Crippen LogP contribution in [0.25, 0.3) is 0 Å². The van der Waals surface area contributed by atoms with Gasteiger partial charge in [-0.2, -0.15) is 0 Å². The number of Topliss-reactive ketones (excluding diaryl/α,β-unsaturated/α-hetero) is 1. The fourth-order valence-corrected chi connectivity index (χ4v) is 5.80. The van der Waals surface area contributed by atoms with Crippen LogP contribution in [0.4, 0.5) is 0 Å². The first-order chi connectivity index (χ1) is 13.5. The van der Waals surface area contributed by atoms with Crippen LogP contribution in [-0.4, -0.2) is 18.0 Å². The fraction of sp³-hybridized carbons (Fsp3) is 0.591. The number of hydrogen-bond acceptors (Lipinski definition) is 4. The zero-order valence-electron chi connectivity index (χ0n) is 16.0. The third kappa shape index (κ3) is 3.28. The number of benzene rings is 1. The second kappa shape index (κ2) is 7.02. The molecule has 6 heteroatoms. The van der Waals surface area contributed by atoms with Crippen molar-refractivity contribution < 1.29 is 14.4 Å². The summed E-state index contributed by atoms with van der Waals surface area (Å²) in [5.41, 5.74) is 4.79. The van der Waals surface area contributed by atoms with E-state index in [1.54, 1.807) is 0 Å². The highest BCUT2D eigenvalue weighted by Crippen LogP contribution is 2.49. The minimum Gasteiger partial charge on any atom is -0.412 e. The summed E-state index contributed by atoms with van der Waals surface area (Å²) >= 11 is 13.0. The van der Waals surface area contributed by atoms with Crippen molar-refractivity contribution in [2.45, 2.75) is 57.1 Å². The van der Waals surface area contributed by atoms with Crippen molar-refractivity contribution in [3.8, 4) is 0 Å². The normalized spacial score (nSPS) is 34.8. The molecule has 28 heavy (non-hydrogen) atoms. The third-order valence-electron chi connectivity index (χ3n) is 6.79. The maximum absolute atomic E-state index is 12.3. The van der Waals surface area contributed by atoms with Crippen LogP contribution in [0.15, 0.2) is 29.5 Å². The first-order valence-electron chi connectivity index (χ1n) is 10.2. The molecule has 150 valence electrons. The zero-order chi connectivity index (χ0) is 19.5. The van der Waals surface area contributed by atoms with E-state index < -0.39 is 0 Å². The molecule has 3 aliphatic carbocycles. The van der Waals surface area contributed by atoms with Crippen molar-refractivity contribution in [3.63, 3.8) is 0 Å². The molecule has 1 aromatic rings. The standard InChI is InChI=1S/C22H25Cl2NO3/c1-22(9-13-7-8-14(10-22)20(13)26)27-11-15-19(25-28-21(15)12-5-6-12)18-16(23)3-2-4-17(18)24/h2-4,12-14,19,25H,5-11H2,1H3/t13-,14+,19?,22?. The van der Waals surface area contributed by atoms with E-state index in [1.165, 1.54) is 0 Å². The minimum atomic E-state index is -0.265. The van der Waals surface area contributed by atoms with Gasteiger partial charge in [0.2, 0.25) is 0 Å². The molecule has 4 nitrogen and oxygen atoms in total. The van der Waals surface area contributed by atoms with Gasteiger partial charge in [0.15, 0.2) is 0 Å². The Morgan fingerprint density at radius 2 is 1.71 bits per heavy atom. The Bertz CT molecular complexity index is 812. The van der Waals surface area contributed by atoms with E-state index >= 15 is 0 Å². The van der Waals surface area contributed by atoms with Crippen LogP contribution in [0.3, 0.4) is 0 Å². The number of hydrogen-bond donors (Lipinski definition) is 1. The van der Waals surface area contributed by atoms with Crippen molar-refractivity contribution >= 4 is 29.0 Å². The summed E-state index contributed by atoms with van der Waals surface area (Å²) in [6.45, 7) is 2.62. The molecule has 5 rings (SSSR count). The molecule has 3 saturated carbocycles. The Morgan fingerprint density at radius 1 is 1.11 bits per heavy atom. The van der Waals surface area contributed by atoms with Gasteiger partial charge in [-0.3, -0.25) is 4.79 Å². The molecule has 0 spiro atoms. The van der Waals surface area contributed by atoms with E-state index in [-0.39, 0.29) is 23.5 Å². The van der Waals surface area contributed by atoms with Crippen LogP contribution in [0.5, 0.6) is 0 Å². The van der Waals surface area contributed by atoms with Gasteiger partial charge < -0.3 is 9.57 Å². The van der Waals surface area contributed by atoms with Crippen LogP contribution >= 0.6 is 23.2 Å². The molecule has 0 saturated heterocycles. The number of allylic oxidation sites excluding steroid dienone is 1. The lowest BCUT2D eigenvalue weighted by Crippen LogP contribution is -2.41. The van der Waals surface area contributed by atoms with Crippen LogP contribution < -0.4 is 5.48 Å². The monoisotopic (exact) mass is 421 g/mol. The first-order valence-corrected chi connectivity index (χ1v) is 11.0. The number of fused-ring (bicyclic) bond motifs is 2. The van der Waals surface area contributed by atoms with Gasteiger partial charge in [-0.15, -0.1) is 5.48 Å². The lowest BCUT2D eigenvalue weighted by atomic mass is 9.77. The molecule has 0 radical (unpaired) electrons. The highest BCUT2D eigenvalue weighted by atomic mass is 35.5. The van der Waals surface area contributed by atoms with E-state index in [9.17, 15) is 4.79 Å². The smallest absolute Gasteiger partial charge is 0.139 e. The van der Waals surface area contributed by atoms with E-state index in [1.807, 2.05) is 18.2 Å². The topological polar surface area (TPSA) is 47.6 Å². The Balaban J connectivity index is 1.40. The molecule has 0 amide bonds. The summed E-state index contributed by atoms with van der Waals surface area (Å²) in [6.07, 6.45) is 5.95. The molecule has 1 heterocycles. The lowest BCUT2D eigenvalue weighted by molar-refractivity contribution is -0.136. The largest absolute Gasteiger partial charge is 0.412 e. The number of carbonyl (C=O) groups excluding carboxylic acids is 1. The number of rotatable bonds is 5. The summed E-state index contributed by atoms with van der Waals surface area (Å²) in [6, 6.07) is 5.34. The quantitative estimate of drug-likeness (QED) is 0.691. The minimum absolute atomic E-state index is 0.174. The molecule has 2 bridgehead atoms. The molecule has 0 aromatic heterocycles. The zero-order valence-corrected chi connectivity index (χ0v) is 17.5. The Labute approximate surface area is 175 Å². The number of ketones is 1. The number of halogens is 2. The Kier molecular flexibility index (Phi) is 4.74. The Hall–Kier alpha value is -1.07. The average molecular weight is 422 g/mol. The third-order valence-corrected chi connectivity index (χ3v) is 7.45. The molecule has 1 aromatic carbocycles. The number of nitrogens with one attached hydrogen (secondary N) is 1. The molecule has 4 atom stereocenters. The maximum atomic E-state index is 12.3. The van der Waals surface area contributed by atoms with Crippen LogP contribution in [-0.2, 0) is 14.4 Å². The van der Waals surface area contributed by atoms with E-state index in [2.05, 4.69) is 12.4 Å². The molecule has 1 aliphatic heterocycles. The average Bonchev–Trinajstić information content (AvgIpc) is 3.38. The summed E-state index contributed by atoms with van der Waals surface area (Å²) in [4.78, 5) is 18.2. The van der Waals surface area contributed by atoms with Crippen molar-refractivity contribution in [1.29, 1.82) is 0 Å². The van der Waals surface area contributed by atoms with Gasteiger partial charge >= 0.3 is 0 Å². The lowest BCUT2D eigenvalue weighted by Gasteiger charge is -2.37. The van der Waals surface area contributed by atoms with Gasteiger partial charge in [0.25, 0.3) is 0 Å². The molecular weight excluding hydrogens is 397 g/mol. The molecule has 1 N–H and O–H groups in total. The van der Waals surface area contributed by atoms with Crippen molar-refractivity contribution in [1.82, 2.24) is 5.48 Å². The SMILES string of the molecule is CC1(OCC2=C(C3CC3)ONC2c2c(Cl)cccc2Cl)C[C@H]2CC[C@@H](C1)C2=O. The van der Waals surface area contributed by atoms with Gasteiger partial charge in [0, 0.05) is 38.9 Å². The predicted octanol–water partition coefficient (Wildman–Crippen LogP) is 5.40. The molecular formula is C22H25Cl2NO3. The number of hydroxylamine groups is 1. The summed E-state index contributed by atoms with van der Waals surface area (Å²) < 4.78 is 6.51. The van der Waals surface area contributed by atoms with Crippen molar-refractivity contribution in [3.05, 3.63) is 45.1 Å². The van der Waals surface area contributed by atoms with Crippen LogP contribution in [0.1, 0.15) is 57.1 Å². The first kappa shape index (κ1) is 18.9. The maximum Gasteiger partial charge on any atom is 0.139 e. The van der Waals surface area contributed by atoms with E-state index in [4.69, 9.17) is 32.8 Å². The second-order valence-corrected chi connectivity index (χ2v) is 9.79. The van der Waals surface area contributed by atoms with E-state index in [0.29, 0.717) is 28.4 Å². The summed E-state index contributed by atoms with van der Waals surface area (Å²) in [5, 5.41) is 1.24. The Morgan fingerprint density at radius 3 is 2.32 bits per heavy atom. The summed E-state index contributed by atoms with van der Waals surface area (Å²) in [5.74, 6) is 2.24. The van der Waals surface area contributed by atoms with Gasteiger partial charge in [0.05, 0.1) is 18.2 Å². The number of carbonyl (C=O) groups is 1. The molecule has 4 aliphatic rings. The molecule has 2 unspecified atom stereocenters. The second-order valence-electron chi connectivity index (χ2n) is 8.97. The van der Waals surface area contributed by atoms with Crippen LogP contribution in [0, 0.1) is 17.8 Å². The highest BCUT2D eigenvalue weighted by molar-refractivity contribution is 6.36. The highest BCUT2D eigenvalue weighted by Gasteiger charge is 2.48. The van der Waals surface area contributed by atoms with Crippen molar-refractivity contribution in [2.75, 3.05) is 6.61 Å². The van der Waals surface area contributed by atoms with Crippen LogP contribution in [0.2, 0.25) is 10.0 Å². The van der Waals surface area contributed by atoms with Gasteiger partial charge in [-0.1, -0.05) is 29.3 Å². The number of ether oxygens (including phenoxy) is 1. The summed E-state index contributed by atoms with van der Waals surface area (Å²) in [7, 11) is 0. The van der Waals surface area contributed by atoms with E-state index in [0.717, 1.165) is 55.4 Å². The fourth-order valence-electron chi connectivity index (χ4n) is 5.19. The predicted molar refractivity (Wildman–Crippen MR) is 108 cm³/mol. The van der Waals surface area contributed by atoms with Gasteiger partial charge in [-0.25, -0.2) is 0 Å².